The van der Waals surface area contributed by atoms with Gasteiger partial charge < -0.3 is 19.5 Å². The molecule has 54 heavy (non-hydrogen) atoms. The van der Waals surface area contributed by atoms with Gasteiger partial charge in [-0.15, -0.1) is 0 Å². The number of aliphatic hydroxyl groups excluding tert-OH is 1. The van der Waals surface area contributed by atoms with Crippen molar-refractivity contribution in [2.45, 2.75) is 253 Å². The summed E-state index contributed by atoms with van der Waals surface area (Å²) in [6.45, 7) is 14.4. The van der Waals surface area contributed by atoms with Crippen LogP contribution in [0.2, 0.25) is 0 Å². The van der Waals surface area contributed by atoms with Gasteiger partial charge >= 0.3 is 11.9 Å². The predicted octanol–water partition coefficient (Wildman–Crippen LogP) is 13.7. The first-order valence-electron chi connectivity index (χ1n) is 23.9. The highest BCUT2D eigenvalue weighted by Crippen LogP contribution is 2.53. The van der Waals surface area contributed by atoms with Gasteiger partial charge in [0.05, 0.1) is 25.0 Å². The smallest absolute Gasteiger partial charge is 0.311 e. The van der Waals surface area contributed by atoms with Crippen LogP contribution in [0.4, 0.5) is 0 Å². The molecule has 6 nitrogen and oxygen atoms in total. The number of carbonyl (C=O) groups is 2. The molecule has 0 saturated heterocycles. The van der Waals surface area contributed by atoms with Gasteiger partial charge in [-0.1, -0.05) is 156 Å². The number of aliphatic hydroxyl groups is 1. The van der Waals surface area contributed by atoms with Crippen molar-refractivity contribution in [2.24, 2.45) is 10.8 Å². The lowest BCUT2D eigenvalue weighted by molar-refractivity contribution is -0.154. The zero-order valence-corrected chi connectivity index (χ0v) is 37.0. The van der Waals surface area contributed by atoms with Crippen LogP contribution < -0.4 is 0 Å². The Kier molecular flexibility index (Phi) is 32.0. The summed E-state index contributed by atoms with van der Waals surface area (Å²) in [6.07, 6.45) is 39.2. The van der Waals surface area contributed by atoms with E-state index in [1.807, 2.05) is 13.8 Å². The van der Waals surface area contributed by atoms with Crippen molar-refractivity contribution in [1.82, 2.24) is 4.90 Å². The minimum atomic E-state index is -0.410. The molecule has 1 rings (SSSR count). The first-order valence-corrected chi connectivity index (χ1v) is 23.9. The van der Waals surface area contributed by atoms with E-state index in [1.54, 1.807) is 0 Å². The van der Waals surface area contributed by atoms with Gasteiger partial charge in [-0.05, 0) is 103 Å². The molecule has 0 aromatic heterocycles. The van der Waals surface area contributed by atoms with E-state index in [2.05, 4.69) is 25.7 Å². The molecule has 1 aliphatic carbocycles. The fourth-order valence-electron chi connectivity index (χ4n) is 8.06. The summed E-state index contributed by atoms with van der Waals surface area (Å²) >= 11 is 0. The lowest BCUT2D eigenvalue weighted by Crippen LogP contribution is -2.29. The number of rotatable bonds is 41. The summed E-state index contributed by atoms with van der Waals surface area (Å²) in [5.74, 6) is 0.0206. The molecule has 0 heterocycles. The van der Waals surface area contributed by atoms with E-state index in [0.29, 0.717) is 13.0 Å². The topological polar surface area (TPSA) is 76.1 Å². The van der Waals surface area contributed by atoms with Gasteiger partial charge in [0.25, 0.3) is 0 Å². The van der Waals surface area contributed by atoms with Crippen molar-refractivity contribution in [3.63, 3.8) is 0 Å². The average Bonchev–Trinajstić information content (AvgIpc) is 3.91. The molecule has 1 saturated carbocycles. The van der Waals surface area contributed by atoms with Crippen LogP contribution >= 0.6 is 0 Å². The molecule has 1 fully saturated rings. The molecule has 0 amide bonds. The molecule has 0 aliphatic heterocycles. The maximum absolute atomic E-state index is 13.2. The largest absolute Gasteiger partial charge is 0.465 e. The quantitative estimate of drug-likeness (QED) is 0.0494. The van der Waals surface area contributed by atoms with Crippen LogP contribution in [0.3, 0.4) is 0 Å². The Balaban J connectivity index is 2.26. The number of esters is 2. The van der Waals surface area contributed by atoms with E-state index in [9.17, 15) is 14.7 Å². The number of carbonyl (C=O) groups excluding carboxylic acids is 2. The Labute approximate surface area is 336 Å². The Morgan fingerprint density at radius 3 is 1.59 bits per heavy atom. The van der Waals surface area contributed by atoms with E-state index in [-0.39, 0.29) is 30.1 Å². The molecule has 0 bridgehead atoms. The van der Waals surface area contributed by atoms with E-state index < -0.39 is 5.41 Å². The molecule has 1 N–H and O–H groups in total. The van der Waals surface area contributed by atoms with Gasteiger partial charge in [-0.2, -0.15) is 0 Å². The maximum atomic E-state index is 13.2. The monoisotopic (exact) mass is 764 g/mol. The van der Waals surface area contributed by atoms with Crippen LogP contribution in [0, 0.1) is 10.8 Å². The minimum absolute atomic E-state index is 0.0404. The summed E-state index contributed by atoms with van der Waals surface area (Å²) in [7, 11) is 0. The first-order chi connectivity index (χ1) is 26.2. The van der Waals surface area contributed by atoms with Crippen molar-refractivity contribution in [1.29, 1.82) is 0 Å². The summed E-state index contributed by atoms with van der Waals surface area (Å²) in [4.78, 5) is 28.3. The Morgan fingerprint density at radius 2 is 1.07 bits per heavy atom. The fraction of sp³-hybridized carbons (Fsp3) is 0.958. The van der Waals surface area contributed by atoms with E-state index in [4.69, 9.17) is 9.47 Å². The highest BCUT2D eigenvalue weighted by Gasteiger charge is 2.44. The van der Waals surface area contributed by atoms with Gasteiger partial charge in [0.2, 0.25) is 0 Å². The SMILES string of the molecule is CCCCCCCCCOC(=O)C(C)(C)CCCCCCN(CCO)CCCCCC1(CC(=O)OC(CCCCCCCC)CCCCCCCC)CC1. The van der Waals surface area contributed by atoms with Crippen LogP contribution in [-0.4, -0.2) is 60.9 Å². The zero-order chi connectivity index (χ0) is 39.6. The lowest BCUT2D eigenvalue weighted by Gasteiger charge is -2.23. The van der Waals surface area contributed by atoms with Crippen LogP contribution in [0.15, 0.2) is 0 Å². The average molecular weight is 764 g/mol. The Hall–Kier alpha value is -1.14. The van der Waals surface area contributed by atoms with Gasteiger partial charge in [-0.25, -0.2) is 0 Å². The maximum Gasteiger partial charge on any atom is 0.311 e. The molecular formula is C48H93NO5. The van der Waals surface area contributed by atoms with Gasteiger partial charge in [-0.3, -0.25) is 9.59 Å². The molecule has 1 aliphatic rings. The highest BCUT2D eigenvalue weighted by atomic mass is 16.5. The van der Waals surface area contributed by atoms with Crippen molar-refractivity contribution in [2.75, 3.05) is 32.8 Å². The molecule has 320 valence electrons. The summed E-state index contributed by atoms with van der Waals surface area (Å²) in [6, 6.07) is 0. The van der Waals surface area contributed by atoms with Crippen molar-refractivity contribution in [3.8, 4) is 0 Å². The highest BCUT2D eigenvalue weighted by molar-refractivity contribution is 5.75. The van der Waals surface area contributed by atoms with Crippen LogP contribution in [0.5, 0.6) is 0 Å². The summed E-state index contributed by atoms with van der Waals surface area (Å²) in [5, 5.41) is 9.67. The first kappa shape index (κ1) is 50.9. The third-order valence-corrected chi connectivity index (χ3v) is 12.2. The second-order valence-electron chi connectivity index (χ2n) is 18.1. The van der Waals surface area contributed by atoms with Gasteiger partial charge in [0.15, 0.2) is 0 Å². The van der Waals surface area contributed by atoms with E-state index in [0.717, 1.165) is 90.3 Å². The number of nitrogens with zero attached hydrogens (tertiary/aromatic N) is 1. The zero-order valence-electron chi connectivity index (χ0n) is 37.0. The number of ether oxygens (including phenoxy) is 2. The lowest BCUT2D eigenvalue weighted by atomic mass is 9.87. The molecule has 0 radical (unpaired) electrons. The fourth-order valence-corrected chi connectivity index (χ4v) is 8.06. The second-order valence-corrected chi connectivity index (χ2v) is 18.1. The second kappa shape index (κ2) is 33.9. The molecule has 0 aromatic carbocycles. The number of hydrogen-bond acceptors (Lipinski definition) is 6. The van der Waals surface area contributed by atoms with Crippen LogP contribution in [-0.2, 0) is 19.1 Å². The Morgan fingerprint density at radius 1 is 0.611 bits per heavy atom. The van der Waals surface area contributed by atoms with Crippen molar-refractivity contribution < 1.29 is 24.2 Å². The molecule has 0 atom stereocenters. The van der Waals surface area contributed by atoms with E-state index >= 15 is 0 Å². The molecule has 0 aromatic rings. The van der Waals surface area contributed by atoms with Crippen LogP contribution in [0.1, 0.15) is 247 Å². The van der Waals surface area contributed by atoms with Gasteiger partial charge in [0.1, 0.15) is 6.10 Å². The number of hydrogen-bond donors (Lipinski definition) is 1. The summed E-state index contributed by atoms with van der Waals surface area (Å²) in [5.41, 5.74) is -0.210. The third-order valence-electron chi connectivity index (χ3n) is 12.2. The van der Waals surface area contributed by atoms with Crippen LogP contribution in [0.25, 0.3) is 0 Å². The van der Waals surface area contributed by atoms with Crippen molar-refractivity contribution in [3.05, 3.63) is 0 Å². The number of unbranched alkanes of at least 4 members (excludes halogenated alkanes) is 21. The third kappa shape index (κ3) is 28.3. The summed E-state index contributed by atoms with van der Waals surface area (Å²) < 4.78 is 11.8. The standard InChI is InChI=1S/C48H93NO5/c1-6-9-12-15-18-23-31-42-53-46(52)47(4,5)34-27-21-22-29-38-49(40-41-50)39-30-24-28-35-48(36-37-48)43-45(51)54-44(32-25-19-16-13-10-7-2)33-26-20-17-14-11-8-3/h44,50H,6-43H2,1-5H3. The molecule has 0 unspecified atom stereocenters. The van der Waals surface area contributed by atoms with Crippen molar-refractivity contribution >= 4 is 11.9 Å². The molecule has 0 spiro atoms. The Bertz CT molecular complexity index is 855. The molecular weight excluding hydrogens is 671 g/mol. The van der Waals surface area contributed by atoms with Gasteiger partial charge in [0, 0.05) is 6.54 Å². The normalized spacial score (nSPS) is 13.9. The minimum Gasteiger partial charge on any atom is -0.465 e. The van der Waals surface area contributed by atoms with E-state index in [1.165, 1.54) is 135 Å². The molecule has 6 heteroatoms. The predicted molar refractivity (Wildman–Crippen MR) is 230 cm³/mol.